The fraction of sp³-hybridized carbons (Fsp3) is 0.533. The monoisotopic (exact) mass is 298 g/mol. The lowest BCUT2D eigenvalue weighted by atomic mass is 10.1. The van der Waals surface area contributed by atoms with Crippen molar-refractivity contribution in [3.05, 3.63) is 29.8 Å². The number of amides is 1. The number of nitrogens with zero attached hydrogens (tertiary/aromatic N) is 1. The zero-order valence-corrected chi connectivity index (χ0v) is 12.3. The summed E-state index contributed by atoms with van der Waals surface area (Å²) in [6.07, 6.45) is -0.440. The van der Waals surface area contributed by atoms with Crippen LogP contribution in [0.3, 0.4) is 0 Å². The highest BCUT2D eigenvalue weighted by Crippen LogP contribution is 2.33. The molecule has 0 saturated carbocycles. The number of para-hydroxylation sites is 1. The van der Waals surface area contributed by atoms with E-state index in [0.29, 0.717) is 12.1 Å². The van der Waals surface area contributed by atoms with Gasteiger partial charge in [-0.05, 0) is 18.9 Å². The molecule has 1 amide bonds. The lowest BCUT2D eigenvalue weighted by molar-refractivity contribution is -0.130. The number of ether oxygens (including phenoxy) is 1. The third-order valence-corrected chi connectivity index (χ3v) is 3.36. The normalized spacial score (nSPS) is 22.4. The summed E-state index contributed by atoms with van der Waals surface area (Å²) in [5.74, 6) is 0.355. The Morgan fingerprint density at radius 1 is 1.33 bits per heavy atom. The fourth-order valence-electron chi connectivity index (χ4n) is 2.53. The first-order valence-corrected chi connectivity index (χ1v) is 7.00. The molecule has 116 valence electrons. The van der Waals surface area contributed by atoms with Crippen LogP contribution in [0.25, 0.3) is 0 Å². The van der Waals surface area contributed by atoms with Crippen LogP contribution in [-0.2, 0) is 4.79 Å². The summed E-state index contributed by atoms with van der Waals surface area (Å²) >= 11 is 0. The van der Waals surface area contributed by atoms with E-state index in [9.17, 15) is 13.6 Å². The number of hydrogen-bond donors (Lipinski definition) is 1. The van der Waals surface area contributed by atoms with Gasteiger partial charge in [-0.3, -0.25) is 10.1 Å². The van der Waals surface area contributed by atoms with Gasteiger partial charge in [-0.2, -0.15) is 8.78 Å². The van der Waals surface area contributed by atoms with Gasteiger partial charge in [-0.1, -0.05) is 32.0 Å². The lowest BCUT2D eigenvalue weighted by Crippen LogP contribution is -2.34. The molecule has 0 spiro atoms. The van der Waals surface area contributed by atoms with Crippen LogP contribution in [0.15, 0.2) is 24.3 Å². The molecule has 1 heterocycles. The van der Waals surface area contributed by atoms with Crippen molar-refractivity contribution in [2.24, 2.45) is 5.92 Å². The van der Waals surface area contributed by atoms with Crippen molar-refractivity contribution >= 4 is 5.91 Å². The summed E-state index contributed by atoms with van der Waals surface area (Å²) in [5.41, 5.74) is 0.552. The van der Waals surface area contributed by atoms with Crippen molar-refractivity contribution in [3.8, 4) is 5.75 Å². The topological polar surface area (TPSA) is 41.6 Å². The Labute approximate surface area is 123 Å². The zero-order valence-electron chi connectivity index (χ0n) is 12.3. The summed E-state index contributed by atoms with van der Waals surface area (Å²) < 4.78 is 29.6. The maximum atomic E-state index is 12.5. The molecule has 2 rings (SSSR count). The number of nitrogens with one attached hydrogen (secondary N) is 1. The van der Waals surface area contributed by atoms with Gasteiger partial charge in [-0.25, -0.2) is 0 Å². The third-order valence-electron chi connectivity index (χ3n) is 3.36. The smallest absolute Gasteiger partial charge is 0.387 e. The van der Waals surface area contributed by atoms with Crippen molar-refractivity contribution < 1.29 is 18.3 Å². The second-order valence-corrected chi connectivity index (χ2v) is 5.59. The predicted molar refractivity (Wildman–Crippen MR) is 75.0 cm³/mol. The highest BCUT2D eigenvalue weighted by molar-refractivity contribution is 5.84. The molecule has 1 saturated heterocycles. The summed E-state index contributed by atoms with van der Waals surface area (Å²) in [6, 6.07) is 6.23. The lowest BCUT2D eigenvalue weighted by Gasteiger charge is -2.27. The number of alkyl halides is 2. The molecule has 0 aliphatic carbocycles. The van der Waals surface area contributed by atoms with E-state index in [1.165, 1.54) is 6.07 Å². The van der Waals surface area contributed by atoms with Crippen molar-refractivity contribution in [3.63, 3.8) is 0 Å². The van der Waals surface area contributed by atoms with E-state index in [2.05, 4.69) is 10.1 Å². The number of carbonyl (C=O) groups is 1. The molecule has 2 atom stereocenters. The Hall–Kier alpha value is -1.69. The summed E-state index contributed by atoms with van der Waals surface area (Å²) in [4.78, 5) is 13.9. The molecule has 1 N–H and O–H groups in total. The van der Waals surface area contributed by atoms with Gasteiger partial charge in [0, 0.05) is 12.1 Å². The summed E-state index contributed by atoms with van der Waals surface area (Å²) in [7, 11) is 0. The zero-order chi connectivity index (χ0) is 15.6. The largest absolute Gasteiger partial charge is 0.434 e. The number of halogens is 2. The molecule has 4 nitrogen and oxygen atoms in total. The molecule has 1 aliphatic rings. The van der Waals surface area contributed by atoms with Gasteiger partial charge in [0.15, 0.2) is 0 Å². The second-order valence-electron chi connectivity index (χ2n) is 5.59. The fourth-order valence-corrected chi connectivity index (χ4v) is 2.53. The van der Waals surface area contributed by atoms with E-state index in [1.807, 2.05) is 13.8 Å². The van der Waals surface area contributed by atoms with Crippen LogP contribution in [0, 0.1) is 5.92 Å². The van der Waals surface area contributed by atoms with Gasteiger partial charge in [-0.15, -0.1) is 0 Å². The Kier molecular flexibility index (Phi) is 4.77. The van der Waals surface area contributed by atoms with Gasteiger partial charge in [0.25, 0.3) is 0 Å². The Morgan fingerprint density at radius 2 is 2.00 bits per heavy atom. The van der Waals surface area contributed by atoms with Gasteiger partial charge >= 0.3 is 6.61 Å². The molecule has 1 aliphatic heterocycles. The molecular formula is C15H20F2N2O2. The molecule has 1 aromatic rings. The average Bonchev–Trinajstić information content (AvgIpc) is 2.66. The predicted octanol–water partition coefficient (Wildman–Crippen LogP) is 2.76. The Bertz CT molecular complexity index is 508. The average molecular weight is 298 g/mol. The minimum absolute atomic E-state index is 0.0273. The number of hydrogen-bond acceptors (Lipinski definition) is 3. The van der Waals surface area contributed by atoms with Crippen molar-refractivity contribution in [2.75, 3.05) is 6.54 Å². The van der Waals surface area contributed by atoms with E-state index >= 15 is 0 Å². The van der Waals surface area contributed by atoms with Gasteiger partial charge in [0.05, 0.1) is 6.04 Å². The van der Waals surface area contributed by atoms with Crippen LogP contribution >= 0.6 is 0 Å². The van der Waals surface area contributed by atoms with E-state index in [4.69, 9.17) is 0 Å². The van der Waals surface area contributed by atoms with Crippen molar-refractivity contribution in [1.29, 1.82) is 0 Å². The minimum atomic E-state index is -2.89. The standard InChI is InChI=1S/C15H20F2N2O2/c1-9(2)8-19-13(18-10(3)14(19)20)11-6-4-5-7-12(11)21-15(16)17/h4-7,9-10,13,15,18H,8H2,1-3H3. The van der Waals surface area contributed by atoms with Crippen molar-refractivity contribution in [1.82, 2.24) is 10.2 Å². The molecule has 6 heteroatoms. The van der Waals surface area contributed by atoms with E-state index in [0.717, 1.165) is 0 Å². The van der Waals surface area contributed by atoms with Crippen LogP contribution in [-0.4, -0.2) is 30.0 Å². The Morgan fingerprint density at radius 3 is 2.62 bits per heavy atom. The van der Waals surface area contributed by atoms with E-state index < -0.39 is 12.8 Å². The number of benzene rings is 1. The van der Waals surface area contributed by atoms with Gasteiger partial charge < -0.3 is 9.64 Å². The van der Waals surface area contributed by atoms with Crippen LogP contribution in [0.1, 0.15) is 32.5 Å². The van der Waals surface area contributed by atoms with Crippen LogP contribution in [0.5, 0.6) is 5.75 Å². The second kappa shape index (κ2) is 6.39. The molecule has 1 aromatic carbocycles. The highest BCUT2D eigenvalue weighted by Gasteiger charge is 2.38. The first-order chi connectivity index (χ1) is 9.90. The first-order valence-electron chi connectivity index (χ1n) is 7.00. The summed E-state index contributed by atoms with van der Waals surface area (Å²) in [5, 5.41) is 3.14. The van der Waals surface area contributed by atoms with Gasteiger partial charge in [0.2, 0.25) is 5.91 Å². The van der Waals surface area contributed by atoms with Gasteiger partial charge in [0.1, 0.15) is 11.9 Å². The molecule has 0 aromatic heterocycles. The SMILES string of the molecule is CC(C)CN1C(=O)C(C)NC1c1ccccc1OC(F)F. The number of carbonyl (C=O) groups excluding carboxylic acids is 1. The van der Waals surface area contributed by atoms with Crippen LogP contribution < -0.4 is 10.1 Å². The molecule has 2 unspecified atom stereocenters. The molecule has 0 radical (unpaired) electrons. The van der Waals surface area contributed by atoms with Crippen molar-refractivity contribution in [2.45, 2.75) is 39.6 Å². The van der Waals surface area contributed by atoms with E-state index in [-0.39, 0.29) is 23.6 Å². The van der Waals surface area contributed by atoms with Crippen LogP contribution in [0.2, 0.25) is 0 Å². The van der Waals surface area contributed by atoms with Crippen LogP contribution in [0.4, 0.5) is 8.78 Å². The molecule has 21 heavy (non-hydrogen) atoms. The molecular weight excluding hydrogens is 278 g/mol. The minimum Gasteiger partial charge on any atom is -0.434 e. The third kappa shape index (κ3) is 3.50. The number of rotatable bonds is 5. The summed E-state index contributed by atoms with van der Waals surface area (Å²) in [6.45, 7) is 3.46. The highest BCUT2D eigenvalue weighted by atomic mass is 19.3. The first kappa shape index (κ1) is 15.7. The molecule has 0 bridgehead atoms. The van der Waals surface area contributed by atoms with E-state index in [1.54, 1.807) is 30.0 Å². The maximum absolute atomic E-state index is 12.5. The quantitative estimate of drug-likeness (QED) is 0.909. The molecule has 1 fully saturated rings. The maximum Gasteiger partial charge on any atom is 0.387 e. The Balaban J connectivity index is 2.33.